The van der Waals surface area contributed by atoms with Crippen molar-refractivity contribution >= 4 is 33.2 Å². The third-order valence-corrected chi connectivity index (χ3v) is 3.57. The number of carbonyl (C=O) groups excluding carboxylic acids is 1. The molecule has 0 spiro atoms. The zero-order valence-corrected chi connectivity index (χ0v) is 12.3. The Morgan fingerprint density at radius 2 is 2.00 bits per heavy atom. The molecule has 1 aromatic heterocycles. The number of benzene rings is 1. The number of hydrogen-bond donors (Lipinski definition) is 2. The van der Waals surface area contributed by atoms with Crippen LogP contribution in [-0.2, 0) is 0 Å². The van der Waals surface area contributed by atoms with Gasteiger partial charge in [-0.2, -0.15) is 0 Å². The molecule has 19 heavy (non-hydrogen) atoms. The predicted molar refractivity (Wildman–Crippen MR) is 80.6 cm³/mol. The number of pyridine rings is 1. The lowest BCUT2D eigenvalue weighted by atomic mass is 10.2. The summed E-state index contributed by atoms with van der Waals surface area (Å²) in [6, 6.07) is 9.18. The van der Waals surface area contributed by atoms with E-state index in [-0.39, 0.29) is 5.91 Å². The van der Waals surface area contributed by atoms with E-state index in [9.17, 15) is 4.79 Å². The van der Waals surface area contributed by atoms with Gasteiger partial charge in [-0.15, -0.1) is 0 Å². The molecule has 1 amide bonds. The van der Waals surface area contributed by atoms with Crippen LogP contribution in [0.25, 0.3) is 0 Å². The standard InChI is InChI=1S/C14H14BrN3O/c1-9-3-4-11(7-12(9)15)18-14(19)13-8-10(16-2)5-6-17-13/h3-8H,1-2H3,(H,16,17)(H,18,19). The highest BCUT2D eigenvalue weighted by molar-refractivity contribution is 9.10. The van der Waals surface area contributed by atoms with E-state index in [2.05, 4.69) is 31.5 Å². The van der Waals surface area contributed by atoms with Gasteiger partial charge in [0, 0.05) is 29.1 Å². The molecule has 1 aromatic carbocycles. The summed E-state index contributed by atoms with van der Waals surface area (Å²) in [5.41, 5.74) is 3.08. The lowest BCUT2D eigenvalue weighted by molar-refractivity contribution is 0.102. The number of halogens is 1. The van der Waals surface area contributed by atoms with Crippen LogP contribution in [0.4, 0.5) is 11.4 Å². The molecule has 2 aromatic rings. The topological polar surface area (TPSA) is 54.0 Å². The third-order valence-electron chi connectivity index (χ3n) is 2.71. The van der Waals surface area contributed by atoms with E-state index in [0.717, 1.165) is 21.4 Å². The van der Waals surface area contributed by atoms with E-state index in [1.165, 1.54) is 0 Å². The molecule has 98 valence electrons. The van der Waals surface area contributed by atoms with Crippen molar-refractivity contribution in [3.05, 3.63) is 52.3 Å². The minimum absolute atomic E-state index is 0.229. The van der Waals surface area contributed by atoms with Gasteiger partial charge < -0.3 is 10.6 Å². The number of amides is 1. The van der Waals surface area contributed by atoms with Crippen LogP contribution in [0.1, 0.15) is 16.1 Å². The molecule has 1 heterocycles. The van der Waals surface area contributed by atoms with Gasteiger partial charge in [0.25, 0.3) is 5.91 Å². The summed E-state index contributed by atoms with van der Waals surface area (Å²) < 4.78 is 0.960. The lowest BCUT2D eigenvalue weighted by Gasteiger charge is -2.07. The Balaban J connectivity index is 2.18. The summed E-state index contributed by atoms with van der Waals surface area (Å²) in [4.78, 5) is 16.1. The molecular formula is C14H14BrN3O. The van der Waals surface area contributed by atoms with Crippen LogP contribution in [0, 0.1) is 6.92 Å². The average Bonchev–Trinajstić information content (AvgIpc) is 2.43. The number of carbonyl (C=O) groups is 1. The second-order valence-corrected chi connectivity index (χ2v) is 4.95. The highest BCUT2D eigenvalue weighted by Gasteiger charge is 2.08. The average molecular weight is 320 g/mol. The molecule has 2 N–H and O–H groups in total. The third kappa shape index (κ3) is 3.32. The first-order valence-corrected chi connectivity index (χ1v) is 6.61. The maximum absolute atomic E-state index is 12.1. The van der Waals surface area contributed by atoms with Gasteiger partial charge in [-0.25, -0.2) is 0 Å². The first-order valence-electron chi connectivity index (χ1n) is 5.81. The minimum Gasteiger partial charge on any atom is -0.388 e. The molecule has 0 atom stereocenters. The van der Waals surface area contributed by atoms with Gasteiger partial charge in [-0.05, 0) is 36.8 Å². The molecule has 0 bridgehead atoms. The van der Waals surface area contributed by atoms with Gasteiger partial charge in [-0.1, -0.05) is 22.0 Å². The van der Waals surface area contributed by atoms with E-state index in [1.807, 2.05) is 25.1 Å². The smallest absolute Gasteiger partial charge is 0.274 e. The van der Waals surface area contributed by atoms with Crippen molar-refractivity contribution in [1.82, 2.24) is 4.98 Å². The van der Waals surface area contributed by atoms with E-state index in [4.69, 9.17) is 0 Å². The minimum atomic E-state index is -0.229. The van der Waals surface area contributed by atoms with Gasteiger partial charge in [0.05, 0.1) is 0 Å². The Hall–Kier alpha value is -1.88. The number of nitrogens with one attached hydrogen (secondary N) is 2. The molecular weight excluding hydrogens is 306 g/mol. The van der Waals surface area contributed by atoms with E-state index in [1.54, 1.807) is 25.4 Å². The maximum Gasteiger partial charge on any atom is 0.274 e. The predicted octanol–water partition coefficient (Wildman–Crippen LogP) is 3.45. The monoisotopic (exact) mass is 319 g/mol. The maximum atomic E-state index is 12.1. The fourth-order valence-electron chi connectivity index (χ4n) is 1.58. The number of hydrogen-bond acceptors (Lipinski definition) is 3. The van der Waals surface area contributed by atoms with E-state index >= 15 is 0 Å². The van der Waals surface area contributed by atoms with Crippen molar-refractivity contribution in [2.24, 2.45) is 0 Å². The Morgan fingerprint density at radius 3 is 2.68 bits per heavy atom. The largest absolute Gasteiger partial charge is 0.388 e. The number of aromatic nitrogens is 1. The van der Waals surface area contributed by atoms with Gasteiger partial charge in [-0.3, -0.25) is 9.78 Å². The van der Waals surface area contributed by atoms with Crippen LogP contribution < -0.4 is 10.6 Å². The molecule has 0 unspecified atom stereocenters. The van der Waals surface area contributed by atoms with Gasteiger partial charge in [0.15, 0.2) is 0 Å². The molecule has 0 aliphatic rings. The number of anilines is 2. The highest BCUT2D eigenvalue weighted by Crippen LogP contribution is 2.21. The normalized spacial score (nSPS) is 10.1. The van der Waals surface area contributed by atoms with Crippen molar-refractivity contribution < 1.29 is 4.79 Å². The van der Waals surface area contributed by atoms with Crippen LogP contribution in [0.3, 0.4) is 0 Å². The molecule has 0 saturated carbocycles. The Morgan fingerprint density at radius 1 is 1.21 bits per heavy atom. The number of nitrogens with zero attached hydrogens (tertiary/aromatic N) is 1. The molecule has 0 aliphatic carbocycles. The van der Waals surface area contributed by atoms with Crippen molar-refractivity contribution in [2.45, 2.75) is 6.92 Å². The summed E-state index contributed by atoms with van der Waals surface area (Å²) in [6.45, 7) is 1.99. The fraction of sp³-hybridized carbons (Fsp3) is 0.143. The van der Waals surface area contributed by atoms with Crippen molar-refractivity contribution in [1.29, 1.82) is 0 Å². The second-order valence-electron chi connectivity index (χ2n) is 4.10. The summed E-state index contributed by atoms with van der Waals surface area (Å²) >= 11 is 3.44. The zero-order valence-electron chi connectivity index (χ0n) is 10.7. The number of aryl methyl sites for hydroxylation is 1. The first kappa shape index (κ1) is 13.5. The van der Waals surface area contributed by atoms with Crippen LogP contribution in [0.15, 0.2) is 41.0 Å². The summed E-state index contributed by atoms with van der Waals surface area (Å²) in [6.07, 6.45) is 1.60. The van der Waals surface area contributed by atoms with Crippen LogP contribution >= 0.6 is 15.9 Å². The quantitative estimate of drug-likeness (QED) is 0.911. The first-order chi connectivity index (χ1) is 9.10. The molecule has 2 rings (SSSR count). The van der Waals surface area contributed by atoms with E-state index < -0.39 is 0 Å². The SMILES string of the molecule is CNc1ccnc(C(=O)Nc2ccc(C)c(Br)c2)c1. The lowest BCUT2D eigenvalue weighted by Crippen LogP contribution is -2.13. The van der Waals surface area contributed by atoms with Crippen molar-refractivity contribution in [2.75, 3.05) is 17.7 Å². The Labute approximate surface area is 120 Å². The molecule has 0 fully saturated rings. The van der Waals surface area contributed by atoms with Crippen molar-refractivity contribution in [3.63, 3.8) is 0 Å². The van der Waals surface area contributed by atoms with Gasteiger partial charge >= 0.3 is 0 Å². The molecule has 0 radical (unpaired) electrons. The summed E-state index contributed by atoms with van der Waals surface area (Å²) in [5.74, 6) is -0.229. The Bertz CT molecular complexity index is 613. The van der Waals surface area contributed by atoms with Crippen LogP contribution in [-0.4, -0.2) is 17.9 Å². The van der Waals surface area contributed by atoms with Gasteiger partial charge in [0.2, 0.25) is 0 Å². The molecule has 0 aliphatic heterocycles. The summed E-state index contributed by atoms with van der Waals surface area (Å²) in [7, 11) is 1.80. The van der Waals surface area contributed by atoms with Crippen LogP contribution in [0.5, 0.6) is 0 Å². The van der Waals surface area contributed by atoms with E-state index in [0.29, 0.717) is 5.69 Å². The number of rotatable bonds is 3. The van der Waals surface area contributed by atoms with Gasteiger partial charge in [0.1, 0.15) is 5.69 Å². The van der Waals surface area contributed by atoms with Crippen molar-refractivity contribution in [3.8, 4) is 0 Å². The molecule has 5 heteroatoms. The summed E-state index contributed by atoms with van der Waals surface area (Å²) in [5, 5.41) is 5.79. The molecule has 0 saturated heterocycles. The highest BCUT2D eigenvalue weighted by atomic mass is 79.9. The Kier molecular flexibility index (Phi) is 4.16. The van der Waals surface area contributed by atoms with Crippen LogP contribution in [0.2, 0.25) is 0 Å². The molecule has 4 nitrogen and oxygen atoms in total. The zero-order chi connectivity index (χ0) is 13.8. The fourth-order valence-corrected chi connectivity index (χ4v) is 1.95. The second kappa shape index (κ2) is 5.84.